The average molecular weight is 284 g/mol. The van der Waals surface area contributed by atoms with Gasteiger partial charge in [-0.05, 0) is 37.5 Å². The lowest BCUT2D eigenvalue weighted by Crippen LogP contribution is -2.21. The second-order valence-corrected chi connectivity index (χ2v) is 5.72. The zero-order valence-corrected chi connectivity index (χ0v) is 13.2. The Kier molecular flexibility index (Phi) is 9.77. The molecule has 4 heteroatoms. The minimum atomic E-state index is -0.899. The molecule has 0 amide bonds. The molecule has 0 aliphatic rings. The molecular weight excluding hydrogens is 256 g/mol. The summed E-state index contributed by atoms with van der Waals surface area (Å²) in [4.78, 5) is 22.4. The molecule has 1 unspecified atom stereocenters. The molecule has 0 aliphatic carbocycles. The average Bonchev–Trinajstić information content (AvgIpc) is 2.34. The maximum atomic E-state index is 11.3. The van der Waals surface area contributed by atoms with Gasteiger partial charge >= 0.3 is 11.9 Å². The summed E-state index contributed by atoms with van der Waals surface area (Å²) in [6.07, 6.45) is 3.36. The van der Waals surface area contributed by atoms with E-state index in [-0.39, 0.29) is 13.2 Å². The van der Waals surface area contributed by atoms with Crippen LogP contribution >= 0.6 is 0 Å². The van der Waals surface area contributed by atoms with E-state index in [1.807, 2.05) is 6.92 Å². The van der Waals surface area contributed by atoms with E-state index < -0.39 is 11.9 Å². The number of carbonyl (C=O) groups is 2. The summed E-state index contributed by atoms with van der Waals surface area (Å²) in [6, 6.07) is 0. The van der Waals surface area contributed by atoms with Gasteiger partial charge in [-0.2, -0.15) is 0 Å². The number of rotatable bonds is 9. The first-order chi connectivity index (χ1) is 9.36. The van der Waals surface area contributed by atoms with Crippen LogP contribution in [-0.2, 0) is 19.1 Å². The Morgan fingerprint density at radius 3 is 2.05 bits per heavy atom. The van der Waals surface area contributed by atoms with Gasteiger partial charge in [0, 0.05) is 0 Å². The van der Waals surface area contributed by atoms with Crippen LogP contribution in [0, 0.1) is 11.8 Å². The summed E-state index contributed by atoms with van der Waals surface area (Å²) >= 11 is 0. The lowest BCUT2D eigenvalue weighted by molar-refractivity contribution is -0.167. The van der Waals surface area contributed by atoms with Crippen LogP contribution in [0.2, 0.25) is 0 Å². The Bertz CT molecular complexity index is 320. The van der Waals surface area contributed by atoms with Crippen molar-refractivity contribution in [1.29, 1.82) is 0 Å². The molecule has 0 fully saturated rings. The Hall–Kier alpha value is -1.32. The summed E-state index contributed by atoms with van der Waals surface area (Å²) in [5, 5.41) is 0. The van der Waals surface area contributed by atoms with Crippen molar-refractivity contribution in [3.05, 3.63) is 12.2 Å². The van der Waals surface area contributed by atoms with E-state index >= 15 is 0 Å². The fourth-order valence-corrected chi connectivity index (χ4v) is 1.92. The molecule has 0 aromatic carbocycles. The van der Waals surface area contributed by atoms with Gasteiger partial charge in [0.1, 0.15) is 0 Å². The normalized spacial score (nSPS) is 12.1. The van der Waals surface area contributed by atoms with Gasteiger partial charge in [-0.1, -0.05) is 39.8 Å². The first-order valence-electron chi connectivity index (χ1n) is 7.37. The third-order valence-corrected chi connectivity index (χ3v) is 2.78. The summed E-state index contributed by atoms with van der Waals surface area (Å²) in [5.74, 6) is -0.794. The molecule has 0 saturated carbocycles. The maximum absolute atomic E-state index is 11.3. The third kappa shape index (κ3) is 9.59. The van der Waals surface area contributed by atoms with Gasteiger partial charge in [0.05, 0.1) is 13.2 Å². The molecule has 0 aliphatic heterocycles. The number of allylic oxidation sites excluding steroid dienone is 1. The van der Waals surface area contributed by atoms with E-state index in [1.54, 1.807) is 0 Å². The number of esters is 2. The summed E-state index contributed by atoms with van der Waals surface area (Å²) in [6.45, 7) is 12.8. The van der Waals surface area contributed by atoms with Gasteiger partial charge in [0.2, 0.25) is 0 Å². The fourth-order valence-electron chi connectivity index (χ4n) is 1.92. The van der Waals surface area contributed by atoms with Gasteiger partial charge in [0.15, 0.2) is 0 Å². The van der Waals surface area contributed by atoms with E-state index in [0.717, 1.165) is 19.3 Å². The van der Waals surface area contributed by atoms with Crippen molar-refractivity contribution >= 4 is 11.9 Å². The highest BCUT2D eigenvalue weighted by atomic mass is 16.6. The van der Waals surface area contributed by atoms with Crippen LogP contribution < -0.4 is 0 Å². The van der Waals surface area contributed by atoms with Crippen molar-refractivity contribution in [2.45, 2.75) is 53.4 Å². The predicted molar refractivity (Wildman–Crippen MR) is 79.2 cm³/mol. The topological polar surface area (TPSA) is 52.6 Å². The Balaban J connectivity index is 3.80. The fraction of sp³-hybridized carbons (Fsp3) is 0.750. The Labute approximate surface area is 122 Å². The molecule has 0 heterocycles. The van der Waals surface area contributed by atoms with Gasteiger partial charge in [0.25, 0.3) is 0 Å². The largest absolute Gasteiger partial charge is 0.457 e. The minimum absolute atomic E-state index is 0.246. The highest BCUT2D eigenvalue weighted by molar-refractivity contribution is 6.29. The van der Waals surface area contributed by atoms with Crippen LogP contribution in [0.25, 0.3) is 0 Å². The highest BCUT2D eigenvalue weighted by Crippen LogP contribution is 2.19. The zero-order valence-electron chi connectivity index (χ0n) is 13.2. The van der Waals surface area contributed by atoms with Gasteiger partial charge in [-0.15, -0.1) is 0 Å². The smallest absolute Gasteiger partial charge is 0.417 e. The summed E-state index contributed by atoms with van der Waals surface area (Å²) in [5.41, 5.74) is 1.22. The monoisotopic (exact) mass is 284 g/mol. The van der Waals surface area contributed by atoms with Crippen LogP contribution in [-0.4, -0.2) is 25.2 Å². The van der Waals surface area contributed by atoms with Crippen molar-refractivity contribution in [2.24, 2.45) is 11.8 Å². The van der Waals surface area contributed by atoms with Crippen LogP contribution in [0.5, 0.6) is 0 Å². The standard InChI is InChI=1S/C16H28O4/c1-6-8-19-15(17)16(18)20-9-7-13(4)11-14(5)10-12(2)3/h12-13H,5-11H2,1-4H3. The van der Waals surface area contributed by atoms with Crippen molar-refractivity contribution in [2.75, 3.05) is 13.2 Å². The first kappa shape index (κ1) is 18.7. The molecule has 0 saturated heterocycles. The lowest BCUT2D eigenvalue weighted by Gasteiger charge is -2.14. The molecular formula is C16H28O4. The molecule has 0 aromatic heterocycles. The van der Waals surface area contributed by atoms with Crippen LogP contribution in [0.3, 0.4) is 0 Å². The number of hydrogen-bond acceptors (Lipinski definition) is 4. The molecule has 116 valence electrons. The minimum Gasteiger partial charge on any atom is -0.457 e. The highest BCUT2D eigenvalue weighted by Gasteiger charge is 2.17. The SMILES string of the molecule is C=C(CC(C)C)CC(C)CCOC(=O)C(=O)OCCC. The third-order valence-electron chi connectivity index (χ3n) is 2.78. The van der Waals surface area contributed by atoms with Crippen molar-refractivity contribution in [3.63, 3.8) is 0 Å². The van der Waals surface area contributed by atoms with E-state index in [0.29, 0.717) is 18.3 Å². The van der Waals surface area contributed by atoms with Crippen LogP contribution in [0.4, 0.5) is 0 Å². The Morgan fingerprint density at radius 2 is 1.55 bits per heavy atom. The van der Waals surface area contributed by atoms with Gasteiger partial charge < -0.3 is 9.47 Å². The van der Waals surface area contributed by atoms with Crippen molar-refractivity contribution in [1.82, 2.24) is 0 Å². The van der Waals surface area contributed by atoms with Crippen LogP contribution in [0.15, 0.2) is 12.2 Å². The quantitative estimate of drug-likeness (QED) is 0.369. The molecule has 0 bridgehead atoms. The van der Waals surface area contributed by atoms with Crippen molar-refractivity contribution < 1.29 is 19.1 Å². The van der Waals surface area contributed by atoms with E-state index in [2.05, 4.69) is 27.4 Å². The van der Waals surface area contributed by atoms with E-state index in [4.69, 9.17) is 9.47 Å². The predicted octanol–water partition coefficient (Wildman–Crippen LogP) is 3.50. The first-order valence-corrected chi connectivity index (χ1v) is 7.37. The summed E-state index contributed by atoms with van der Waals surface area (Å²) in [7, 11) is 0. The Morgan fingerprint density at radius 1 is 1.00 bits per heavy atom. The molecule has 1 atom stereocenters. The van der Waals surface area contributed by atoms with Gasteiger partial charge in [-0.25, -0.2) is 9.59 Å². The van der Waals surface area contributed by atoms with Gasteiger partial charge in [-0.3, -0.25) is 0 Å². The lowest BCUT2D eigenvalue weighted by atomic mass is 9.94. The number of ether oxygens (including phenoxy) is 2. The molecule has 0 radical (unpaired) electrons. The number of hydrogen-bond donors (Lipinski definition) is 0. The second kappa shape index (κ2) is 10.5. The molecule has 0 spiro atoms. The molecule has 0 N–H and O–H groups in total. The maximum Gasteiger partial charge on any atom is 0.417 e. The second-order valence-electron chi connectivity index (χ2n) is 5.72. The van der Waals surface area contributed by atoms with Crippen molar-refractivity contribution in [3.8, 4) is 0 Å². The molecule has 0 aromatic rings. The van der Waals surface area contributed by atoms with E-state index in [1.165, 1.54) is 5.57 Å². The molecule has 20 heavy (non-hydrogen) atoms. The molecule has 4 nitrogen and oxygen atoms in total. The zero-order chi connectivity index (χ0) is 15.5. The van der Waals surface area contributed by atoms with E-state index in [9.17, 15) is 9.59 Å². The summed E-state index contributed by atoms with van der Waals surface area (Å²) < 4.78 is 9.58. The number of carbonyl (C=O) groups excluding carboxylic acids is 2. The molecule has 0 rings (SSSR count). The van der Waals surface area contributed by atoms with Crippen LogP contribution in [0.1, 0.15) is 53.4 Å².